The minimum Gasteiger partial charge on any atom is -0.368 e. The van der Waals surface area contributed by atoms with Gasteiger partial charge in [0.25, 0.3) is 5.91 Å². The summed E-state index contributed by atoms with van der Waals surface area (Å²) in [6.45, 7) is 7.12. The number of benzene rings is 2. The van der Waals surface area contributed by atoms with Crippen LogP contribution in [0.3, 0.4) is 0 Å². The van der Waals surface area contributed by atoms with Gasteiger partial charge in [-0.2, -0.15) is 5.21 Å². The van der Waals surface area contributed by atoms with Gasteiger partial charge < -0.3 is 15.1 Å². The number of aromatic amines is 1. The maximum absolute atomic E-state index is 13.0. The average molecular weight is 411 g/mol. The minimum atomic E-state index is -0.129. The van der Waals surface area contributed by atoms with E-state index >= 15 is 0 Å². The van der Waals surface area contributed by atoms with Crippen LogP contribution in [0.2, 0.25) is 5.02 Å². The van der Waals surface area contributed by atoms with Crippen molar-refractivity contribution in [3.8, 4) is 0 Å². The predicted octanol–water partition coefficient (Wildman–Crippen LogP) is 3.78. The number of aromatic nitrogens is 3. The van der Waals surface area contributed by atoms with Crippen molar-refractivity contribution in [2.45, 2.75) is 13.8 Å². The van der Waals surface area contributed by atoms with Crippen molar-refractivity contribution in [1.29, 1.82) is 0 Å². The van der Waals surface area contributed by atoms with Crippen molar-refractivity contribution >= 4 is 34.7 Å². The first kappa shape index (κ1) is 19.3. The molecule has 1 aliphatic heterocycles. The topological polar surface area (TPSA) is 77.2 Å². The summed E-state index contributed by atoms with van der Waals surface area (Å²) in [4.78, 5) is 17.2. The average Bonchev–Trinajstić information content (AvgIpc) is 3.19. The Balaban J connectivity index is 1.43. The molecule has 0 aliphatic carbocycles. The van der Waals surface area contributed by atoms with Gasteiger partial charge in [-0.05, 0) is 55.3 Å². The van der Waals surface area contributed by atoms with Gasteiger partial charge in [0, 0.05) is 42.6 Å². The molecule has 1 aliphatic rings. The lowest BCUT2D eigenvalue weighted by atomic mass is 10.1. The molecular formula is C21H23ClN6O. The summed E-state index contributed by atoms with van der Waals surface area (Å²) in [5.74, 6) is 0.283. The molecule has 0 bridgehead atoms. The molecule has 0 unspecified atom stereocenters. The molecule has 1 aromatic heterocycles. The third kappa shape index (κ3) is 4.05. The third-order valence-corrected chi connectivity index (χ3v) is 5.59. The van der Waals surface area contributed by atoms with E-state index in [1.54, 1.807) is 12.1 Å². The van der Waals surface area contributed by atoms with Gasteiger partial charge >= 0.3 is 0 Å². The highest BCUT2D eigenvalue weighted by atomic mass is 35.5. The van der Waals surface area contributed by atoms with E-state index in [-0.39, 0.29) is 5.91 Å². The van der Waals surface area contributed by atoms with Crippen molar-refractivity contribution in [2.24, 2.45) is 0 Å². The number of anilines is 3. The van der Waals surface area contributed by atoms with Crippen molar-refractivity contribution in [3.63, 3.8) is 0 Å². The second-order valence-electron chi connectivity index (χ2n) is 7.15. The third-order valence-electron chi connectivity index (χ3n) is 5.34. The molecule has 2 aromatic carbocycles. The molecule has 2 heterocycles. The van der Waals surface area contributed by atoms with Gasteiger partial charge in [0.05, 0.1) is 0 Å². The molecular weight excluding hydrogens is 388 g/mol. The second-order valence-corrected chi connectivity index (χ2v) is 7.59. The highest BCUT2D eigenvalue weighted by Crippen LogP contribution is 2.25. The van der Waals surface area contributed by atoms with Crippen LogP contribution in [0.4, 0.5) is 17.2 Å². The number of hydrogen-bond donors (Lipinski definition) is 2. The number of piperazine rings is 1. The number of halogens is 1. The van der Waals surface area contributed by atoms with Crippen molar-refractivity contribution in [1.82, 2.24) is 20.3 Å². The maximum atomic E-state index is 13.0. The number of aryl methyl sites for hydroxylation is 1. The van der Waals surface area contributed by atoms with E-state index in [4.69, 9.17) is 11.6 Å². The van der Waals surface area contributed by atoms with Gasteiger partial charge in [0.1, 0.15) is 0 Å². The van der Waals surface area contributed by atoms with Gasteiger partial charge in [-0.1, -0.05) is 23.7 Å². The Bertz CT molecular complexity index is 1010. The fraction of sp³-hybridized carbons (Fsp3) is 0.286. The van der Waals surface area contributed by atoms with E-state index in [2.05, 4.69) is 57.7 Å². The number of amides is 1. The molecule has 0 saturated carbocycles. The number of nitrogens with zero attached hydrogens (tertiary/aromatic N) is 4. The van der Waals surface area contributed by atoms with E-state index in [0.29, 0.717) is 29.6 Å². The smallest absolute Gasteiger partial charge is 0.278 e. The summed E-state index contributed by atoms with van der Waals surface area (Å²) in [7, 11) is 0. The lowest BCUT2D eigenvalue weighted by Crippen LogP contribution is -2.49. The van der Waals surface area contributed by atoms with Crippen molar-refractivity contribution in [2.75, 3.05) is 36.4 Å². The summed E-state index contributed by atoms with van der Waals surface area (Å²) in [6.07, 6.45) is 0. The first-order chi connectivity index (χ1) is 14.0. The number of nitrogens with one attached hydrogen (secondary N) is 2. The van der Waals surface area contributed by atoms with Gasteiger partial charge in [-0.3, -0.25) is 4.79 Å². The minimum absolute atomic E-state index is 0.129. The first-order valence-electron chi connectivity index (χ1n) is 9.57. The van der Waals surface area contributed by atoms with Crippen LogP contribution >= 0.6 is 11.6 Å². The Labute approximate surface area is 174 Å². The molecule has 1 saturated heterocycles. The Kier molecular flexibility index (Phi) is 5.40. The second kappa shape index (κ2) is 8.13. The normalized spacial score (nSPS) is 14.2. The molecule has 0 atom stereocenters. The Morgan fingerprint density at radius 2 is 1.76 bits per heavy atom. The monoisotopic (exact) mass is 410 g/mol. The fourth-order valence-electron chi connectivity index (χ4n) is 3.52. The lowest BCUT2D eigenvalue weighted by Gasteiger charge is -2.36. The first-order valence-corrected chi connectivity index (χ1v) is 9.94. The zero-order valence-electron chi connectivity index (χ0n) is 16.4. The van der Waals surface area contributed by atoms with E-state index in [0.717, 1.165) is 18.8 Å². The van der Waals surface area contributed by atoms with E-state index in [9.17, 15) is 4.79 Å². The Morgan fingerprint density at radius 1 is 1.03 bits per heavy atom. The van der Waals surface area contributed by atoms with Gasteiger partial charge in [0.15, 0.2) is 11.5 Å². The van der Waals surface area contributed by atoms with Gasteiger partial charge in [0.2, 0.25) is 0 Å². The van der Waals surface area contributed by atoms with Crippen LogP contribution in [-0.4, -0.2) is 52.4 Å². The van der Waals surface area contributed by atoms with E-state index in [1.165, 1.54) is 16.8 Å². The zero-order valence-corrected chi connectivity index (χ0v) is 17.2. The van der Waals surface area contributed by atoms with Crippen LogP contribution in [0.15, 0.2) is 42.5 Å². The molecule has 3 aromatic rings. The number of rotatable bonds is 4. The van der Waals surface area contributed by atoms with Crippen LogP contribution in [-0.2, 0) is 0 Å². The molecule has 1 amide bonds. The highest BCUT2D eigenvalue weighted by Gasteiger charge is 2.27. The molecule has 0 spiro atoms. The molecule has 29 heavy (non-hydrogen) atoms. The summed E-state index contributed by atoms with van der Waals surface area (Å²) in [6, 6.07) is 13.6. The fourth-order valence-corrected chi connectivity index (χ4v) is 3.64. The SMILES string of the molecule is Cc1cccc(N2CCN(C(=O)c3n[nH]nc3Nc3ccc(Cl)cc3)CC2)c1C. The number of hydrogen-bond acceptors (Lipinski definition) is 5. The zero-order chi connectivity index (χ0) is 20.4. The summed E-state index contributed by atoms with van der Waals surface area (Å²) < 4.78 is 0. The summed E-state index contributed by atoms with van der Waals surface area (Å²) in [5, 5.41) is 14.5. The highest BCUT2D eigenvalue weighted by molar-refractivity contribution is 6.30. The molecule has 8 heteroatoms. The Morgan fingerprint density at radius 3 is 2.48 bits per heavy atom. The summed E-state index contributed by atoms with van der Waals surface area (Å²) in [5.41, 5.74) is 4.89. The van der Waals surface area contributed by atoms with Crippen LogP contribution in [0.25, 0.3) is 0 Å². The predicted molar refractivity (Wildman–Crippen MR) is 115 cm³/mol. The Hall–Kier alpha value is -3.06. The van der Waals surface area contributed by atoms with E-state index in [1.807, 2.05) is 17.0 Å². The number of carbonyl (C=O) groups excluding carboxylic acids is 1. The molecule has 4 rings (SSSR count). The maximum Gasteiger partial charge on any atom is 0.278 e. The molecule has 0 radical (unpaired) electrons. The van der Waals surface area contributed by atoms with E-state index < -0.39 is 0 Å². The largest absolute Gasteiger partial charge is 0.368 e. The van der Waals surface area contributed by atoms with Crippen LogP contribution < -0.4 is 10.2 Å². The van der Waals surface area contributed by atoms with Crippen molar-refractivity contribution in [3.05, 3.63) is 64.3 Å². The molecule has 150 valence electrons. The molecule has 2 N–H and O–H groups in total. The quantitative estimate of drug-likeness (QED) is 0.684. The van der Waals surface area contributed by atoms with Gasteiger partial charge in [-0.15, -0.1) is 10.2 Å². The standard InChI is InChI=1S/C21H23ClN6O/c1-14-4-3-5-18(15(14)2)27-10-12-28(13-11-27)21(29)19-20(25-26-24-19)23-17-8-6-16(22)7-9-17/h3-9H,10-13H2,1-2H3,(H2,23,24,25,26). The van der Waals surface area contributed by atoms with Crippen LogP contribution in [0, 0.1) is 13.8 Å². The van der Waals surface area contributed by atoms with Crippen molar-refractivity contribution < 1.29 is 4.79 Å². The number of carbonyl (C=O) groups is 1. The summed E-state index contributed by atoms with van der Waals surface area (Å²) >= 11 is 5.92. The lowest BCUT2D eigenvalue weighted by molar-refractivity contribution is 0.0742. The van der Waals surface area contributed by atoms with Crippen LogP contribution in [0.1, 0.15) is 21.6 Å². The van der Waals surface area contributed by atoms with Gasteiger partial charge in [-0.25, -0.2) is 0 Å². The molecule has 1 fully saturated rings. The van der Waals surface area contributed by atoms with Crippen LogP contribution in [0.5, 0.6) is 0 Å². The molecule has 7 nitrogen and oxygen atoms in total. The number of H-pyrrole nitrogens is 1.